The molecule has 5 heteroatoms. The number of hydrazone groups is 1. The topological polar surface area (TPSA) is 75.6 Å². The van der Waals surface area contributed by atoms with E-state index in [1.54, 1.807) is 31.2 Å². The third kappa shape index (κ3) is 2.75. The number of rotatable bonds is 4. The molecule has 2 atom stereocenters. The molecular weight excluding hydrogens is 328 g/mol. The molecule has 1 saturated carbocycles. The van der Waals surface area contributed by atoms with Crippen molar-refractivity contribution in [2.75, 3.05) is 0 Å². The van der Waals surface area contributed by atoms with Crippen molar-refractivity contribution in [1.82, 2.24) is 5.43 Å². The Morgan fingerprint density at radius 3 is 2.15 bits per heavy atom. The van der Waals surface area contributed by atoms with Crippen LogP contribution in [-0.2, 0) is 4.79 Å². The first-order valence-corrected chi connectivity index (χ1v) is 8.64. The largest absolute Gasteiger partial charge is 0.293 e. The van der Waals surface area contributed by atoms with Gasteiger partial charge in [-0.05, 0) is 24.8 Å². The molecule has 2 aromatic rings. The molecule has 0 radical (unpaired) electrons. The Kier molecular flexibility index (Phi) is 3.99. The van der Waals surface area contributed by atoms with Crippen molar-refractivity contribution in [1.29, 1.82) is 0 Å². The summed E-state index contributed by atoms with van der Waals surface area (Å²) in [5.41, 5.74) is 4.85. The van der Waals surface area contributed by atoms with Crippen molar-refractivity contribution in [3.05, 3.63) is 71.3 Å². The highest BCUT2D eigenvalue weighted by molar-refractivity contribution is 6.36. The average Bonchev–Trinajstić information content (AvgIpc) is 3.43. The normalized spacial score (nSPS) is 22.3. The number of hydrogen-bond acceptors (Lipinski definition) is 4. The van der Waals surface area contributed by atoms with E-state index in [-0.39, 0.29) is 29.3 Å². The third-order valence-electron chi connectivity index (χ3n) is 5.10. The number of Topliss-reactive ketones (excluding diaryl/α,β-unsaturated/α-hetero) is 2. The minimum Gasteiger partial charge on any atom is -0.293 e. The predicted octanol–water partition coefficient (Wildman–Crippen LogP) is 2.98. The van der Waals surface area contributed by atoms with E-state index >= 15 is 0 Å². The lowest BCUT2D eigenvalue weighted by Gasteiger charge is -2.07. The van der Waals surface area contributed by atoms with Crippen molar-refractivity contribution in [2.24, 2.45) is 16.9 Å². The first kappa shape index (κ1) is 16.4. The molecule has 26 heavy (non-hydrogen) atoms. The number of carbonyl (C=O) groups is 3. The van der Waals surface area contributed by atoms with Crippen molar-refractivity contribution in [2.45, 2.75) is 19.3 Å². The summed E-state index contributed by atoms with van der Waals surface area (Å²) < 4.78 is 0. The molecule has 2 aliphatic rings. The standard InChI is InChI=1S/C21H18N2O3/c1-12(18-19(24)14-9-5-6-10-15(14)20(18)25)22-23-21(26)17-11-16(17)13-7-3-2-4-8-13/h2-10,16-18H,11H2,1H3,(H,23,26)/b22-12-/t16-,17-/m1/s1. The van der Waals surface area contributed by atoms with Gasteiger partial charge in [0, 0.05) is 17.0 Å². The van der Waals surface area contributed by atoms with Crippen LogP contribution in [0.5, 0.6) is 0 Å². The van der Waals surface area contributed by atoms with Crippen molar-refractivity contribution < 1.29 is 14.4 Å². The van der Waals surface area contributed by atoms with Gasteiger partial charge in [0.1, 0.15) is 5.92 Å². The zero-order valence-electron chi connectivity index (χ0n) is 14.3. The number of amides is 1. The number of nitrogens with one attached hydrogen (secondary N) is 1. The molecule has 0 heterocycles. The smallest absolute Gasteiger partial charge is 0.243 e. The van der Waals surface area contributed by atoms with Gasteiger partial charge in [-0.1, -0.05) is 54.6 Å². The number of benzene rings is 2. The minimum absolute atomic E-state index is 0.110. The number of fused-ring (bicyclic) bond motifs is 1. The quantitative estimate of drug-likeness (QED) is 0.525. The lowest BCUT2D eigenvalue weighted by Crippen LogP contribution is -2.28. The van der Waals surface area contributed by atoms with Gasteiger partial charge in [0.2, 0.25) is 5.91 Å². The zero-order chi connectivity index (χ0) is 18.3. The maximum atomic E-state index is 12.5. The van der Waals surface area contributed by atoms with Crippen LogP contribution in [0.15, 0.2) is 59.7 Å². The summed E-state index contributed by atoms with van der Waals surface area (Å²) in [6.45, 7) is 1.61. The molecular formula is C21H18N2O3. The van der Waals surface area contributed by atoms with Crippen molar-refractivity contribution in [3.8, 4) is 0 Å². The van der Waals surface area contributed by atoms with Crippen LogP contribution in [0.1, 0.15) is 45.5 Å². The van der Waals surface area contributed by atoms with E-state index < -0.39 is 5.92 Å². The fourth-order valence-electron chi connectivity index (χ4n) is 3.57. The van der Waals surface area contributed by atoms with Crippen molar-refractivity contribution in [3.63, 3.8) is 0 Å². The maximum absolute atomic E-state index is 12.5. The molecule has 0 aromatic heterocycles. The van der Waals surface area contributed by atoms with Gasteiger partial charge < -0.3 is 0 Å². The van der Waals surface area contributed by atoms with Gasteiger partial charge >= 0.3 is 0 Å². The number of hydrogen-bond donors (Lipinski definition) is 1. The molecule has 0 spiro atoms. The van der Waals surface area contributed by atoms with Gasteiger partial charge in [-0.2, -0.15) is 5.10 Å². The Balaban J connectivity index is 1.43. The first-order valence-electron chi connectivity index (χ1n) is 8.64. The Hall–Kier alpha value is -3.08. The van der Waals surface area contributed by atoms with Gasteiger partial charge in [0.05, 0.1) is 5.71 Å². The molecule has 4 rings (SSSR count). The molecule has 0 aliphatic heterocycles. The second kappa shape index (κ2) is 6.33. The monoisotopic (exact) mass is 346 g/mol. The highest BCUT2D eigenvalue weighted by atomic mass is 16.2. The number of nitrogens with zero attached hydrogens (tertiary/aromatic N) is 1. The lowest BCUT2D eigenvalue weighted by atomic mass is 9.99. The van der Waals surface area contributed by atoms with Gasteiger partial charge in [0.15, 0.2) is 11.6 Å². The zero-order valence-corrected chi connectivity index (χ0v) is 14.3. The third-order valence-corrected chi connectivity index (χ3v) is 5.10. The first-order chi connectivity index (χ1) is 12.6. The summed E-state index contributed by atoms with van der Waals surface area (Å²) in [6, 6.07) is 16.7. The maximum Gasteiger partial charge on any atom is 0.243 e. The fourth-order valence-corrected chi connectivity index (χ4v) is 3.57. The van der Waals surface area contributed by atoms with Gasteiger partial charge in [0.25, 0.3) is 0 Å². The Bertz CT molecular complexity index is 898. The summed E-state index contributed by atoms with van der Waals surface area (Å²) in [4.78, 5) is 37.2. The predicted molar refractivity (Wildman–Crippen MR) is 97.1 cm³/mol. The molecule has 130 valence electrons. The van der Waals surface area contributed by atoms with E-state index in [4.69, 9.17) is 0 Å². The summed E-state index contributed by atoms with van der Waals surface area (Å²) >= 11 is 0. The van der Waals surface area contributed by atoms with Crippen LogP contribution in [-0.4, -0.2) is 23.2 Å². The van der Waals surface area contributed by atoms with Gasteiger partial charge in [-0.25, -0.2) is 5.43 Å². The Morgan fingerprint density at radius 1 is 0.962 bits per heavy atom. The Morgan fingerprint density at radius 2 is 1.54 bits per heavy atom. The second-order valence-electron chi connectivity index (χ2n) is 6.80. The summed E-state index contributed by atoms with van der Waals surface area (Å²) in [5, 5.41) is 4.05. The summed E-state index contributed by atoms with van der Waals surface area (Å²) in [6.07, 6.45) is 0.789. The van der Waals surface area contributed by atoms with E-state index in [1.807, 2.05) is 30.3 Å². The molecule has 0 unspecified atom stereocenters. The molecule has 0 saturated heterocycles. The molecule has 1 amide bonds. The van der Waals surface area contributed by atoms with Crippen LogP contribution >= 0.6 is 0 Å². The lowest BCUT2D eigenvalue weighted by molar-refractivity contribution is -0.122. The van der Waals surface area contributed by atoms with E-state index in [0.29, 0.717) is 16.8 Å². The Labute approximate surface area is 151 Å². The SMILES string of the molecule is C/C(=N/NC(=O)[C@@H]1C[C@@H]1c1ccccc1)C1C(=O)c2ccccc2C1=O. The van der Waals surface area contributed by atoms with Crippen LogP contribution in [0.4, 0.5) is 0 Å². The van der Waals surface area contributed by atoms with Crippen LogP contribution < -0.4 is 5.43 Å². The fraction of sp³-hybridized carbons (Fsp3) is 0.238. The summed E-state index contributed by atoms with van der Waals surface area (Å²) in [5.74, 6) is -1.51. The molecule has 0 bridgehead atoms. The van der Waals surface area contributed by atoms with Crippen LogP contribution in [0, 0.1) is 11.8 Å². The van der Waals surface area contributed by atoms with E-state index in [9.17, 15) is 14.4 Å². The van der Waals surface area contributed by atoms with Gasteiger partial charge in [-0.15, -0.1) is 0 Å². The van der Waals surface area contributed by atoms with Crippen LogP contribution in [0.2, 0.25) is 0 Å². The second-order valence-corrected chi connectivity index (χ2v) is 6.80. The molecule has 1 fully saturated rings. The number of ketones is 2. The van der Waals surface area contributed by atoms with E-state index in [1.165, 1.54) is 0 Å². The molecule has 1 N–H and O–H groups in total. The molecule has 2 aromatic carbocycles. The van der Waals surface area contributed by atoms with Crippen LogP contribution in [0.25, 0.3) is 0 Å². The minimum atomic E-state index is -0.933. The highest BCUT2D eigenvalue weighted by Crippen LogP contribution is 2.47. The highest BCUT2D eigenvalue weighted by Gasteiger charge is 2.44. The number of carbonyl (C=O) groups excluding carboxylic acids is 3. The summed E-state index contributed by atoms with van der Waals surface area (Å²) in [7, 11) is 0. The van der Waals surface area contributed by atoms with Gasteiger partial charge in [-0.3, -0.25) is 14.4 Å². The molecule has 2 aliphatic carbocycles. The van der Waals surface area contributed by atoms with E-state index in [2.05, 4.69) is 10.5 Å². The van der Waals surface area contributed by atoms with Crippen molar-refractivity contribution >= 4 is 23.2 Å². The van der Waals surface area contributed by atoms with Crippen LogP contribution in [0.3, 0.4) is 0 Å². The molecule has 5 nitrogen and oxygen atoms in total. The average molecular weight is 346 g/mol. The van der Waals surface area contributed by atoms with E-state index in [0.717, 1.165) is 12.0 Å².